The lowest BCUT2D eigenvalue weighted by atomic mass is 10.1. The smallest absolute Gasteiger partial charge is 0.291 e. The number of nitrogens with one attached hydrogen (secondary N) is 2. The molecule has 7 heteroatoms. The number of furan rings is 1. The first-order chi connectivity index (χ1) is 11.2. The van der Waals surface area contributed by atoms with Gasteiger partial charge < -0.3 is 20.0 Å². The zero-order valence-corrected chi connectivity index (χ0v) is 14.0. The Balaban J connectivity index is 0.00000208. The molecule has 0 unspecified atom stereocenters. The third-order valence-electron chi connectivity index (χ3n) is 3.74. The SMILES string of the molecule is Cl.O=C(Nc1cccc(C(=O)N2CCCNCC2)c1)c1ccco1. The van der Waals surface area contributed by atoms with E-state index in [1.807, 2.05) is 4.90 Å². The number of hydrogen-bond donors (Lipinski definition) is 2. The van der Waals surface area contributed by atoms with Gasteiger partial charge in [0.15, 0.2) is 5.76 Å². The average molecular weight is 350 g/mol. The summed E-state index contributed by atoms with van der Waals surface area (Å²) < 4.78 is 5.06. The van der Waals surface area contributed by atoms with Crippen LogP contribution in [-0.4, -0.2) is 42.9 Å². The molecular formula is C17H20ClN3O3. The number of rotatable bonds is 3. The molecule has 0 radical (unpaired) electrons. The van der Waals surface area contributed by atoms with Gasteiger partial charge in [0, 0.05) is 30.9 Å². The molecule has 1 aromatic carbocycles. The van der Waals surface area contributed by atoms with Gasteiger partial charge in [-0.25, -0.2) is 0 Å². The summed E-state index contributed by atoms with van der Waals surface area (Å²) in [5, 5.41) is 6.01. The van der Waals surface area contributed by atoms with Crippen LogP contribution in [0.5, 0.6) is 0 Å². The number of anilines is 1. The van der Waals surface area contributed by atoms with Gasteiger partial charge >= 0.3 is 0 Å². The summed E-state index contributed by atoms with van der Waals surface area (Å²) in [5.41, 5.74) is 1.15. The normalized spacial score (nSPS) is 14.4. The van der Waals surface area contributed by atoms with Crippen molar-refractivity contribution in [3.8, 4) is 0 Å². The number of nitrogens with zero attached hydrogens (tertiary/aromatic N) is 1. The van der Waals surface area contributed by atoms with Crippen LogP contribution in [0.2, 0.25) is 0 Å². The molecule has 0 spiro atoms. The average Bonchev–Trinajstić information content (AvgIpc) is 2.97. The zero-order chi connectivity index (χ0) is 16.1. The molecule has 1 aliphatic rings. The molecule has 2 heterocycles. The fraction of sp³-hybridized carbons (Fsp3) is 0.294. The van der Waals surface area contributed by atoms with Crippen LogP contribution in [0.25, 0.3) is 0 Å². The van der Waals surface area contributed by atoms with Crippen molar-refractivity contribution in [2.24, 2.45) is 0 Å². The summed E-state index contributed by atoms with van der Waals surface area (Å²) in [6.07, 6.45) is 2.39. The largest absolute Gasteiger partial charge is 0.459 e. The van der Waals surface area contributed by atoms with Crippen molar-refractivity contribution < 1.29 is 14.0 Å². The molecule has 1 aliphatic heterocycles. The number of carbonyl (C=O) groups excluding carboxylic acids is 2. The lowest BCUT2D eigenvalue weighted by Gasteiger charge is -2.20. The fourth-order valence-electron chi connectivity index (χ4n) is 2.56. The monoisotopic (exact) mass is 349 g/mol. The van der Waals surface area contributed by atoms with Crippen molar-refractivity contribution in [3.63, 3.8) is 0 Å². The molecule has 2 aromatic rings. The highest BCUT2D eigenvalue weighted by Crippen LogP contribution is 2.15. The van der Waals surface area contributed by atoms with Crippen molar-refractivity contribution in [1.82, 2.24) is 10.2 Å². The van der Waals surface area contributed by atoms with Crippen LogP contribution in [0.1, 0.15) is 27.3 Å². The van der Waals surface area contributed by atoms with E-state index in [4.69, 9.17) is 4.42 Å². The maximum atomic E-state index is 12.6. The standard InChI is InChI=1S/C17H19N3O3.ClH/c21-16(15-6-2-11-23-15)19-14-5-1-4-13(12-14)17(22)20-9-3-7-18-8-10-20;/h1-2,4-6,11-12,18H,3,7-10H2,(H,19,21);1H. The summed E-state index contributed by atoms with van der Waals surface area (Å²) in [6, 6.07) is 10.2. The number of halogens is 1. The molecule has 2 N–H and O–H groups in total. The van der Waals surface area contributed by atoms with Crippen LogP contribution >= 0.6 is 12.4 Å². The second-order valence-electron chi connectivity index (χ2n) is 5.41. The van der Waals surface area contributed by atoms with Crippen molar-refractivity contribution >= 4 is 29.9 Å². The van der Waals surface area contributed by atoms with E-state index in [0.29, 0.717) is 17.8 Å². The summed E-state index contributed by atoms with van der Waals surface area (Å²) in [7, 11) is 0. The minimum absolute atomic E-state index is 0. The van der Waals surface area contributed by atoms with E-state index >= 15 is 0 Å². The van der Waals surface area contributed by atoms with Crippen molar-refractivity contribution in [2.45, 2.75) is 6.42 Å². The molecule has 3 rings (SSSR count). The Labute approximate surface area is 146 Å². The van der Waals surface area contributed by atoms with E-state index in [1.54, 1.807) is 36.4 Å². The highest BCUT2D eigenvalue weighted by atomic mass is 35.5. The van der Waals surface area contributed by atoms with Gasteiger partial charge in [-0.3, -0.25) is 9.59 Å². The second kappa shape index (κ2) is 8.52. The Bertz CT molecular complexity index is 680. The molecule has 1 aromatic heterocycles. The maximum absolute atomic E-state index is 12.6. The Morgan fingerprint density at radius 3 is 2.79 bits per heavy atom. The number of carbonyl (C=O) groups is 2. The minimum Gasteiger partial charge on any atom is -0.459 e. The third-order valence-corrected chi connectivity index (χ3v) is 3.74. The highest BCUT2D eigenvalue weighted by molar-refractivity contribution is 6.03. The molecule has 1 saturated heterocycles. The summed E-state index contributed by atoms with van der Waals surface area (Å²) in [6.45, 7) is 3.18. The van der Waals surface area contributed by atoms with E-state index in [9.17, 15) is 9.59 Å². The van der Waals surface area contributed by atoms with E-state index in [0.717, 1.165) is 26.1 Å². The number of benzene rings is 1. The summed E-state index contributed by atoms with van der Waals surface area (Å²) in [5.74, 6) is -0.110. The number of amides is 2. The molecule has 2 amide bonds. The third kappa shape index (κ3) is 4.37. The Morgan fingerprint density at radius 1 is 1.12 bits per heavy atom. The molecule has 0 saturated carbocycles. The van der Waals surface area contributed by atoms with Crippen LogP contribution in [-0.2, 0) is 0 Å². The van der Waals surface area contributed by atoms with Gasteiger partial charge in [0.05, 0.1) is 6.26 Å². The molecular weight excluding hydrogens is 330 g/mol. The molecule has 6 nitrogen and oxygen atoms in total. The molecule has 0 aliphatic carbocycles. The second-order valence-corrected chi connectivity index (χ2v) is 5.41. The van der Waals surface area contributed by atoms with E-state index in [-0.39, 0.29) is 30.0 Å². The molecule has 128 valence electrons. The van der Waals surface area contributed by atoms with Gasteiger partial charge in [-0.1, -0.05) is 6.07 Å². The van der Waals surface area contributed by atoms with Gasteiger partial charge in [0.25, 0.3) is 11.8 Å². The Morgan fingerprint density at radius 2 is 2.00 bits per heavy atom. The van der Waals surface area contributed by atoms with Gasteiger partial charge in [-0.05, 0) is 43.3 Å². The van der Waals surface area contributed by atoms with E-state index < -0.39 is 0 Å². The lowest BCUT2D eigenvalue weighted by molar-refractivity contribution is 0.0766. The predicted octanol–water partition coefficient (Wildman–Crippen LogP) is 2.39. The topological polar surface area (TPSA) is 74.6 Å². The van der Waals surface area contributed by atoms with Crippen LogP contribution < -0.4 is 10.6 Å². The first kappa shape index (κ1) is 18.0. The van der Waals surface area contributed by atoms with Crippen molar-refractivity contribution in [3.05, 3.63) is 54.0 Å². The molecule has 0 bridgehead atoms. The highest BCUT2D eigenvalue weighted by Gasteiger charge is 2.17. The van der Waals surface area contributed by atoms with Gasteiger partial charge in [0.1, 0.15) is 0 Å². The predicted molar refractivity (Wildman–Crippen MR) is 93.7 cm³/mol. The summed E-state index contributed by atoms with van der Waals surface area (Å²) >= 11 is 0. The fourth-order valence-corrected chi connectivity index (χ4v) is 2.56. The van der Waals surface area contributed by atoms with Gasteiger partial charge in [-0.2, -0.15) is 0 Å². The molecule has 0 atom stereocenters. The maximum Gasteiger partial charge on any atom is 0.291 e. The minimum atomic E-state index is -0.335. The Kier molecular flexibility index (Phi) is 6.40. The lowest BCUT2D eigenvalue weighted by Crippen LogP contribution is -2.34. The van der Waals surface area contributed by atoms with Crippen LogP contribution in [0.4, 0.5) is 5.69 Å². The van der Waals surface area contributed by atoms with Gasteiger partial charge in [0.2, 0.25) is 0 Å². The van der Waals surface area contributed by atoms with Crippen molar-refractivity contribution in [1.29, 1.82) is 0 Å². The van der Waals surface area contributed by atoms with Crippen LogP contribution in [0.3, 0.4) is 0 Å². The van der Waals surface area contributed by atoms with Gasteiger partial charge in [-0.15, -0.1) is 12.4 Å². The molecule has 1 fully saturated rings. The first-order valence-corrected chi connectivity index (χ1v) is 7.69. The first-order valence-electron chi connectivity index (χ1n) is 7.69. The van der Waals surface area contributed by atoms with E-state index in [1.165, 1.54) is 6.26 Å². The van der Waals surface area contributed by atoms with Crippen LogP contribution in [0, 0.1) is 0 Å². The number of hydrogen-bond acceptors (Lipinski definition) is 4. The van der Waals surface area contributed by atoms with Crippen LogP contribution in [0.15, 0.2) is 47.1 Å². The Hall–Kier alpha value is -2.31. The molecule has 24 heavy (non-hydrogen) atoms. The van der Waals surface area contributed by atoms with Crippen molar-refractivity contribution in [2.75, 3.05) is 31.5 Å². The van der Waals surface area contributed by atoms with E-state index in [2.05, 4.69) is 10.6 Å². The summed E-state index contributed by atoms with van der Waals surface area (Å²) in [4.78, 5) is 26.4. The zero-order valence-electron chi connectivity index (χ0n) is 13.2. The quantitative estimate of drug-likeness (QED) is 0.892.